The molecular weight excluding hydrogens is 261 g/mol. The number of nitrogens with zero attached hydrogens (tertiary/aromatic N) is 1. The number of amidine groups is 1. The highest BCUT2D eigenvalue weighted by molar-refractivity contribution is 8.00. The molecule has 1 aromatic carbocycles. The molecule has 0 radical (unpaired) electrons. The molecule has 1 aliphatic heterocycles. The van der Waals surface area contributed by atoms with Gasteiger partial charge in [-0.2, -0.15) is 11.8 Å². The van der Waals surface area contributed by atoms with E-state index in [4.69, 9.17) is 11.1 Å². The van der Waals surface area contributed by atoms with Crippen LogP contribution in [-0.4, -0.2) is 34.3 Å². The summed E-state index contributed by atoms with van der Waals surface area (Å²) >= 11 is 1.98. The molecule has 2 unspecified atom stereocenters. The van der Waals surface area contributed by atoms with Crippen molar-refractivity contribution in [2.45, 2.75) is 31.7 Å². The Balaban J connectivity index is 2.16. The minimum Gasteiger partial charge on any atom is -0.384 e. The van der Waals surface area contributed by atoms with Gasteiger partial charge in [-0.1, -0.05) is 6.92 Å². The SMILES string of the molecule is CC1SCCN(Cc2cc(F)cc(C(=N)N)c2)C1C. The van der Waals surface area contributed by atoms with Crippen LogP contribution in [0.1, 0.15) is 25.0 Å². The van der Waals surface area contributed by atoms with E-state index in [-0.39, 0.29) is 11.7 Å². The molecule has 0 bridgehead atoms. The normalized spacial score (nSPS) is 24.4. The van der Waals surface area contributed by atoms with Crippen LogP contribution in [-0.2, 0) is 6.54 Å². The summed E-state index contributed by atoms with van der Waals surface area (Å²) in [5, 5.41) is 8.01. The Bertz CT molecular complexity index is 478. The first-order valence-corrected chi connectivity index (χ1v) is 7.52. The molecule has 1 heterocycles. The van der Waals surface area contributed by atoms with Crippen LogP contribution in [0.2, 0.25) is 0 Å². The molecule has 0 amide bonds. The van der Waals surface area contributed by atoms with Gasteiger partial charge in [0.25, 0.3) is 0 Å². The molecule has 1 fully saturated rings. The van der Waals surface area contributed by atoms with Crippen LogP contribution in [0.5, 0.6) is 0 Å². The van der Waals surface area contributed by atoms with Gasteiger partial charge in [0.05, 0.1) is 0 Å². The number of thioether (sulfide) groups is 1. The molecule has 5 heteroatoms. The van der Waals surface area contributed by atoms with Crippen LogP contribution in [0.15, 0.2) is 18.2 Å². The Labute approximate surface area is 117 Å². The highest BCUT2D eigenvalue weighted by Crippen LogP contribution is 2.25. The number of nitrogen functional groups attached to an aromatic ring is 1. The van der Waals surface area contributed by atoms with Crippen molar-refractivity contribution in [3.8, 4) is 0 Å². The molecule has 0 aliphatic carbocycles. The van der Waals surface area contributed by atoms with Crippen molar-refractivity contribution in [1.29, 1.82) is 5.41 Å². The van der Waals surface area contributed by atoms with Crippen LogP contribution < -0.4 is 5.73 Å². The zero-order valence-corrected chi connectivity index (χ0v) is 12.1. The standard InChI is InChI=1S/C14H20FN3S/c1-9-10(2)19-4-3-18(9)8-11-5-12(14(16)17)7-13(15)6-11/h5-7,9-10H,3-4,8H2,1-2H3,(H3,16,17). The Morgan fingerprint density at radius 1 is 1.47 bits per heavy atom. The van der Waals surface area contributed by atoms with Gasteiger partial charge in [0.15, 0.2) is 0 Å². The average Bonchev–Trinajstić information content (AvgIpc) is 2.34. The fourth-order valence-corrected chi connectivity index (χ4v) is 3.51. The quantitative estimate of drug-likeness (QED) is 0.661. The number of rotatable bonds is 3. The molecule has 2 rings (SSSR count). The average molecular weight is 281 g/mol. The maximum absolute atomic E-state index is 13.5. The lowest BCUT2D eigenvalue weighted by Crippen LogP contribution is -2.43. The molecular formula is C14H20FN3S. The number of halogens is 1. The molecule has 104 valence electrons. The second-order valence-electron chi connectivity index (χ2n) is 5.05. The molecule has 2 atom stereocenters. The van der Waals surface area contributed by atoms with Crippen molar-refractivity contribution in [3.05, 3.63) is 35.1 Å². The molecule has 1 aromatic rings. The summed E-state index contributed by atoms with van der Waals surface area (Å²) < 4.78 is 13.5. The first-order chi connectivity index (χ1) is 8.97. The maximum Gasteiger partial charge on any atom is 0.124 e. The fraction of sp³-hybridized carbons (Fsp3) is 0.500. The van der Waals surface area contributed by atoms with Crippen molar-refractivity contribution < 1.29 is 4.39 Å². The maximum atomic E-state index is 13.5. The number of benzene rings is 1. The lowest BCUT2D eigenvalue weighted by atomic mass is 10.1. The summed E-state index contributed by atoms with van der Waals surface area (Å²) in [4.78, 5) is 2.36. The summed E-state index contributed by atoms with van der Waals surface area (Å²) in [5.74, 6) is 0.701. The largest absolute Gasteiger partial charge is 0.384 e. The Morgan fingerprint density at radius 3 is 2.89 bits per heavy atom. The zero-order valence-electron chi connectivity index (χ0n) is 11.3. The molecule has 3 N–H and O–H groups in total. The summed E-state index contributed by atoms with van der Waals surface area (Å²) in [7, 11) is 0. The van der Waals surface area contributed by atoms with Crippen LogP contribution in [0.25, 0.3) is 0 Å². The second-order valence-corrected chi connectivity index (χ2v) is 6.53. The monoisotopic (exact) mass is 281 g/mol. The summed E-state index contributed by atoms with van der Waals surface area (Å²) in [6, 6.07) is 5.13. The highest BCUT2D eigenvalue weighted by Gasteiger charge is 2.25. The summed E-state index contributed by atoms with van der Waals surface area (Å²) in [6.45, 7) is 6.17. The smallest absolute Gasteiger partial charge is 0.124 e. The van der Waals surface area contributed by atoms with Crippen molar-refractivity contribution in [2.75, 3.05) is 12.3 Å². The van der Waals surface area contributed by atoms with E-state index >= 15 is 0 Å². The van der Waals surface area contributed by atoms with E-state index < -0.39 is 0 Å². The number of hydrogen-bond acceptors (Lipinski definition) is 3. The summed E-state index contributed by atoms with van der Waals surface area (Å²) in [5.41, 5.74) is 6.78. The van der Waals surface area contributed by atoms with Gasteiger partial charge in [-0.15, -0.1) is 0 Å². The first kappa shape index (κ1) is 14.3. The van der Waals surface area contributed by atoms with Gasteiger partial charge in [0, 0.05) is 35.7 Å². The fourth-order valence-electron chi connectivity index (χ4n) is 2.35. The lowest BCUT2D eigenvalue weighted by molar-refractivity contribution is 0.204. The molecule has 3 nitrogen and oxygen atoms in total. The van der Waals surface area contributed by atoms with E-state index in [1.807, 2.05) is 17.8 Å². The van der Waals surface area contributed by atoms with Crippen molar-refractivity contribution in [3.63, 3.8) is 0 Å². The Morgan fingerprint density at radius 2 is 2.21 bits per heavy atom. The molecule has 0 saturated carbocycles. The van der Waals surface area contributed by atoms with Gasteiger partial charge < -0.3 is 5.73 Å². The van der Waals surface area contributed by atoms with Gasteiger partial charge in [-0.3, -0.25) is 10.3 Å². The molecule has 1 aliphatic rings. The van der Waals surface area contributed by atoms with Crippen molar-refractivity contribution in [1.82, 2.24) is 4.90 Å². The van der Waals surface area contributed by atoms with Crippen molar-refractivity contribution >= 4 is 17.6 Å². The lowest BCUT2D eigenvalue weighted by Gasteiger charge is -2.37. The third-order valence-corrected chi connectivity index (χ3v) is 5.01. The third-order valence-electron chi connectivity index (χ3n) is 3.67. The van der Waals surface area contributed by atoms with Crippen LogP contribution in [0.3, 0.4) is 0 Å². The molecule has 19 heavy (non-hydrogen) atoms. The molecule has 0 spiro atoms. The van der Waals surface area contributed by atoms with E-state index in [1.165, 1.54) is 12.1 Å². The predicted molar refractivity (Wildman–Crippen MR) is 79.2 cm³/mol. The number of nitrogens with two attached hydrogens (primary N) is 1. The van der Waals surface area contributed by atoms with Gasteiger partial charge in [0.1, 0.15) is 11.7 Å². The number of nitrogens with one attached hydrogen (secondary N) is 1. The number of hydrogen-bond donors (Lipinski definition) is 2. The van der Waals surface area contributed by atoms with Gasteiger partial charge in [0.2, 0.25) is 0 Å². The van der Waals surface area contributed by atoms with E-state index in [1.54, 1.807) is 0 Å². The van der Waals surface area contributed by atoms with Gasteiger partial charge in [-0.05, 0) is 30.7 Å². The topological polar surface area (TPSA) is 53.1 Å². The van der Waals surface area contributed by atoms with Crippen LogP contribution in [0.4, 0.5) is 4.39 Å². The van der Waals surface area contributed by atoms with E-state index in [2.05, 4.69) is 18.7 Å². The van der Waals surface area contributed by atoms with Crippen molar-refractivity contribution in [2.24, 2.45) is 5.73 Å². The second kappa shape index (κ2) is 5.92. The van der Waals surface area contributed by atoms with E-state index in [0.29, 0.717) is 23.4 Å². The first-order valence-electron chi connectivity index (χ1n) is 6.47. The van der Waals surface area contributed by atoms with Crippen LogP contribution in [0, 0.1) is 11.2 Å². The van der Waals surface area contributed by atoms with Crippen LogP contribution >= 0.6 is 11.8 Å². The Kier molecular flexibility index (Phi) is 4.47. The van der Waals surface area contributed by atoms with Gasteiger partial charge in [-0.25, -0.2) is 4.39 Å². The predicted octanol–water partition coefficient (Wildman–Crippen LogP) is 2.44. The third kappa shape index (κ3) is 3.48. The van der Waals surface area contributed by atoms with E-state index in [0.717, 1.165) is 17.9 Å². The van der Waals surface area contributed by atoms with Gasteiger partial charge >= 0.3 is 0 Å². The highest BCUT2D eigenvalue weighted by atomic mass is 32.2. The molecule has 1 saturated heterocycles. The minimum absolute atomic E-state index is 0.0867. The Hall–Kier alpha value is -1.07. The minimum atomic E-state index is -0.324. The van der Waals surface area contributed by atoms with E-state index in [9.17, 15) is 4.39 Å². The zero-order chi connectivity index (χ0) is 14.0. The summed E-state index contributed by atoms with van der Waals surface area (Å²) in [6.07, 6.45) is 0. The molecule has 0 aromatic heterocycles.